The van der Waals surface area contributed by atoms with Gasteiger partial charge in [-0.2, -0.15) is 0 Å². The monoisotopic (exact) mass is 430 g/mol. The summed E-state index contributed by atoms with van der Waals surface area (Å²) in [4.78, 5) is 30.6. The molecule has 4 rings (SSSR count). The van der Waals surface area contributed by atoms with Gasteiger partial charge in [-0.25, -0.2) is 0 Å². The van der Waals surface area contributed by atoms with Crippen LogP contribution in [-0.2, 0) is 22.6 Å². The summed E-state index contributed by atoms with van der Waals surface area (Å²) in [5, 5.41) is 2.04. The minimum absolute atomic E-state index is 0.0577. The van der Waals surface area contributed by atoms with E-state index < -0.39 is 0 Å². The van der Waals surface area contributed by atoms with Gasteiger partial charge < -0.3 is 9.80 Å². The zero-order valence-electron chi connectivity index (χ0n) is 17.6. The lowest BCUT2D eigenvalue weighted by Crippen LogP contribution is -2.38. The maximum absolute atomic E-state index is 13.5. The summed E-state index contributed by atoms with van der Waals surface area (Å²) in [5.74, 6) is 0.00308. The quantitative estimate of drug-likeness (QED) is 0.511. The molecule has 1 unspecified atom stereocenters. The first-order valence-electron chi connectivity index (χ1n) is 10.5. The molecule has 158 valence electrons. The molecule has 0 saturated carbocycles. The van der Waals surface area contributed by atoms with Gasteiger partial charge in [-0.3, -0.25) is 9.59 Å². The fourth-order valence-corrected chi connectivity index (χ4v) is 4.72. The van der Waals surface area contributed by atoms with E-state index in [1.165, 1.54) is 5.56 Å². The number of thiophene rings is 1. The smallest absolute Gasteiger partial charge is 0.225 e. The Labute approximate surface area is 187 Å². The first-order valence-corrected chi connectivity index (χ1v) is 11.4. The van der Waals surface area contributed by atoms with E-state index in [4.69, 9.17) is 0 Å². The molecular formula is C26H26N2O2S. The van der Waals surface area contributed by atoms with Crippen LogP contribution < -0.4 is 0 Å². The van der Waals surface area contributed by atoms with Gasteiger partial charge >= 0.3 is 0 Å². The van der Waals surface area contributed by atoms with Crippen LogP contribution in [0, 0.1) is 0 Å². The zero-order valence-corrected chi connectivity index (χ0v) is 18.4. The van der Waals surface area contributed by atoms with Crippen molar-refractivity contribution < 1.29 is 9.59 Å². The number of hydrogen-bond acceptors (Lipinski definition) is 3. The maximum Gasteiger partial charge on any atom is 0.225 e. The van der Waals surface area contributed by atoms with Crippen molar-refractivity contribution in [3.05, 3.63) is 99.9 Å². The Morgan fingerprint density at radius 3 is 2.52 bits per heavy atom. The molecule has 1 aliphatic heterocycles. The van der Waals surface area contributed by atoms with Crippen LogP contribution in [0.5, 0.6) is 0 Å². The van der Waals surface area contributed by atoms with Crippen LogP contribution in [0.3, 0.4) is 0 Å². The van der Waals surface area contributed by atoms with E-state index in [0.717, 1.165) is 22.4 Å². The van der Waals surface area contributed by atoms with Crippen molar-refractivity contribution in [2.24, 2.45) is 0 Å². The van der Waals surface area contributed by atoms with Crippen molar-refractivity contribution >= 4 is 29.2 Å². The Morgan fingerprint density at radius 2 is 1.77 bits per heavy atom. The third kappa shape index (κ3) is 5.12. The Morgan fingerprint density at radius 1 is 1.00 bits per heavy atom. The predicted octanol–water partition coefficient (Wildman–Crippen LogP) is 5.28. The molecule has 0 saturated heterocycles. The van der Waals surface area contributed by atoms with Gasteiger partial charge in [-0.1, -0.05) is 60.7 Å². The standard InChI is InChI=1S/C26H26N2O2S/c1-20(29)28-16-14-22-10-5-6-12-24(22)25(28)18-26(30)27(19-23-11-7-17-31-23)15-13-21-8-3-2-4-9-21/h2-12,14,16-17,25H,13,15,18-19H2,1H3. The summed E-state index contributed by atoms with van der Waals surface area (Å²) < 4.78 is 0. The molecule has 0 aliphatic carbocycles. The van der Waals surface area contributed by atoms with E-state index in [1.54, 1.807) is 29.4 Å². The Hall–Kier alpha value is -3.18. The second kappa shape index (κ2) is 9.75. The van der Waals surface area contributed by atoms with Crippen LogP contribution in [0.25, 0.3) is 6.08 Å². The minimum Gasteiger partial charge on any atom is -0.337 e. The van der Waals surface area contributed by atoms with Gasteiger partial charge in [0.05, 0.1) is 19.0 Å². The van der Waals surface area contributed by atoms with E-state index in [2.05, 4.69) is 18.2 Å². The summed E-state index contributed by atoms with van der Waals surface area (Å²) in [5.41, 5.74) is 3.29. The molecule has 0 fully saturated rings. The normalized spacial score (nSPS) is 14.9. The lowest BCUT2D eigenvalue weighted by atomic mass is 9.93. The molecule has 1 atom stereocenters. The highest BCUT2D eigenvalue weighted by molar-refractivity contribution is 7.09. The summed E-state index contributed by atoms with van der Waals surface area (Å²) >= 11 is 1.66. The van der Waals surface area contributed by atoms with Gasteiger partial charge in [0.1, 0.15) is 0 Å². The van der Waals surface area contributed by atoms with Gasteiger partial charge in [0.2, 0.25) is 11.8 Å². The van der Waals surface area contributed by atoms with E-state index in [-0.39, 0.29) is 24.3 Å². The molecule has 0 radical (unpaired) electrons. The molecule has 3 aromatic rings. The molecule has 5 heteroatoms. The van der Waals surface area contributed by atoms with Gasteiger partial charge in [0.25, 0.3) is 0 Å². The molecule has 31 heavy (non-hydrogen) atoms. The number of amides is 2. The predicted molar refractivity (Wildman–Crippen MR) is 125 cm³/mol. The number of rotatable bonds is 7. The Kier molecular flexibility index (Phi) is 6.63. The summed E-state index contributed by atoms with van der Waals surface area (Å²) in [6, 6.07) is 22.0. The Balaban J connectivity index is 1.55. The molecule has 4 nitrogen and oxygen atoms in total. The van der Waals surface area contributed by atoms with Crippen LogP contribution >= 0.6 is 11.3 Å². The first kappa shape index (κ1) is 21.1. The van der Waals surface area contributed by atoms with E-state index in [0.29, 0.717) is 13.1 Å². The summed E-state index contributed by atoms with van der Waals surface area (Å²) in [7, 11) is 0. The molecule has 0 bridgehead atoms. The number of carbonyl (C=O) groups excluding carboxylic acids is 2. The highest BCUT2D eigenvalue weighted by atomic mass is 32.1. The lowest BCUT2D eigenvalue weighted by Gasteiger charge is -2.34. The molecule has 2 amide bonds. The Bertz CT molecular complexity index is 1060. The second-order valence-corrected chi connectivity index (χ2v) is 8.75. The van der Waals surface area contributed by atoms with Crippen LogP contribution in [0.1, 0.15) is 41.0 Å². The van der Waals surface area contributed by atoms with E-state index >= 15 is 0 Å². The minimum atomic E-state index is -0.284. The van der Waals surface area contributed by atoms with Crippen molar-refractivity contribution in [3.8, 4) is 0 Å². The summed E-state index contributed by atoms with van der Waals surface area (Å²) in [6.07, 6.45) is 4.81. The van der Waals surface area contributed by atoms with E-state index in [9.17, 15) is 9.59 Å². The highest BCUT2D eigenvalue weighted by Crippen LogP contribution is 2.33. The van der Waals surface area contributed by atoms with Crippen molar-refractivity contribution in [2.45, 2.75) is 32.4 Å². The van der Waals surface area contributed by atoms with Crippen LogP contribution in [0.2, 0.25) is 0 Å². The fourth-order valence-electron chi connectivity index (χ4n) is 4.00. The van der Waals surface area contributed by atoms with Crippen molar-refractivity contribution in [3.63, 3.8) is 0 Å². The maximum atomic E-state index is 13.5. The SMILES string of the molecule is CC(=O)N1C=Cc2ccccc2C1CC(=O)N(CCc1ccccc1)Cc1cccs1. The number of carbonyl (C=O) groups is 2. The second-order valence-electron chi connectivity index (χ2n) is 7.72. The number of hydrogen-bond donors (Lipinski definition) is 0. The third-order valence-corrected chi connectivity index (χ3v) is 6.49. The lowest BCUT2D eigenvalue weighted by molar-refractivity contribution is -0.135. The molecular weight excluding hydrogens is 404 g/mol. The number of nitrogens with zero attached hydrogens (tertiary/aromatic N) is 2. The first-order chi connectivity index (χ1) is 15.1. The molecule has 1 aliphatic rings. The van der Waals surface area contributed by atoms with Gasteiger partial charge in [0, 0.05) is 24.5 Å². The zero-order chi connectivity index (χ0) is 21.6. The van der Waals surface area contributed by atoms with Crippen molar-refractivity contribution in [1.82, 2.24) is 9.80 Å². The highest BCUT2D eigenvalue weighted by Gasteiger charge is 2.30. The average molecular weight is 431 g/mol. The van der Waals surface area contributed by atoms with Gasteiger partial charge in [0.15, 0.2) is 0 Å². The molecule has 1 aromatic heterocycles. The third-order valence-electron chi connectivity index (χ3n) is 5.63. The van der Waals surface area contributed by atoms with Crippen LogP contribution in [0.15, 0.2) is 78.3 Å². The van der Waals surface area contributed by atoms with Crippen LogP contribution in [-0.4, -0.2) is 28.2 Å². The fraction of sp³-hybridized carbons (Fsp3) is 0.231. The van der Waals surface area contributed by atoms with Gasteiger partial charge in [-0.15, -0.1) is 11.3 Å². The van der Waals surface area contributed by atoms with E-state index in [1.807, 2.05) is 64.9 Å². The molecule has 0 spiro atoms. The molecule has 2 aromatic carbocycles. The summed E-state index contributed by atoms with van der Waals surface area (Å²) in [6.45, 7) is 2.78. The van der Waals surface area contributed by atoms with Crippen molar-refractivity contribution in [1.29, 1.82) is 0 Å². The van der Waals surface area contributed by atoms with Gasteiger partial charge in [-0.05, 0) is 40.6 Å². The average Bonchev–Trinajstić information content (AvgIpc) is 3.30. The molecule has 2 heterocycles. The van der Waals surface area contributed by atoms with Crippen molar-refractivity contribution in [2.75, 3.05) is 6.54 Å². The number of benzene rings is 2. The largest absolute Gasteiger partial charge is 0.337 e. The number of fused-ring (bicyclic) bond motifs is 1. The van der Waals surface area contributed by atoms with Crippen LogP contribution in [0.4, 0.5) is 0 Å². The molecule has 0 N–H and O–H groups in total. The topological polar surface area (TPSA) is 40.6 Å².